The summed E-state index contributed by atoms with van der Waals surface area (Å²) < 4.78 is 2.01. The molecule has 0 aliphatic carbocycles. The molecule has 0 radical (unpaired) electrons. The third kappa shape index (κ3) is 2.62. The molecule has 0 saturated heterocycles. The zero-order valence-electron chi connectivity index (χ0n) is 11.0. The average molecular weight is 242 g/mol. The first-order chi connectivity index (χ1) is 8.58. The maximum absolute atomic E-state index is 12.0. The number of rotatable bonds is 3. The normalized spacial score (nSPS) is 10.4. The highest BCUT2D eigenvalue weighted by molar-refractivity contribution is 5.91. The van der Waals surface area contributed by atoms with Crippen molar-refractivity contribution in [1.82, 2.24) is 4.57 Å². The largest absolute Gasteiger partial charge is 0.340 e. The van der Waals surface area contributed by atoms with Gasteiger partial charge < -0.3 is 9.88 Å². The van der Waals surface area contributed by atoms with Gasteiger partial charge in [0.2, 0.25) is 5.91 Å². The van der Waals surface area contributed by atoms with Crippen LogP contribution in [0.25, 0.3) is 0 Å². The molecule has 2 rings (SSSR count). The van der Waals surface area contributed by atoms with Gasteiger partial charge in [0.25, 0.3) is 0 Å². The molecule has 1 N–H and O–H groups in total. The molecule has 0 fully saturated rings. The monoisotopic (exact) mass is 242 g/mol. The highest BCUT2D eigenvalue weighted by Gasteiger charge is 2.08. The lowest BCUT2D eigenvalue weighted by Crippen LogP contribution is -2.20. The SMILES string of the molecule is Cc1ccccc1NC(=O)Cn1c(C)ccc1C. The van der Waals surface area contributed by atoms with Crippen LogP contribution in [-0.2, 0) is 11.3 Å². The molecule has 0 aliphatic heterocycles. The number of hydrogen-bond acceptors (Lipinski definition) is 1. The molecule has 3 heteroatoms. The number of carbonyl (C=O) groups excluding carboxylic acids is 1. The smallest absolute Gasteiger partial charge is 0.244 e. The van der Waals surface area contributed by atoms with Crippen LogP contribution in [0.15, 0.2) is 36.4 Å². The molecule has 0 atom stereocenters. The van der Waals surface area contributed by atoms with Crippen molar-refractivity contribution in [3.05, 3.63) is 53.3 Å². The molecule has 3 nitrogen and oxygen atoms in total. The molecular formula is C15H18N2O. The molecule has 1 aromatic heterocycles. The van der Waals surface area contributed by atoms with Gasteiger partial charge in [0.15, 0.2) is 0 Å². The number of aromatic nitrogens is 1. The van der Waals surface area contributed by atoms with Crippen LogP contribution in [0.3, 0.4) is 0 Å². The maximum atomic E-state index is 12.0. The van der Waals surface area contributed by atoms with E-state index in [1.165, 1.54) is 0 Å². The van der Waals surface area contributed by atoms with Gasteiger partial charge in [-0.25, -0.2) is 0 Å². The number of para-hydroxylation sites is 1. The van der Waals surface area contributed by atoms with E-state index in [1.807, 2.05) is 61.7 Å². The van der Waals surface area contributed by atoms with E-state index >= 15 is 0 Å². The molecule has 1 heterocycles. The fourth-order valence-corrected chi connectivity index (χ4v) is 2.00. The van der Waals surface area contributed by atoms with Gasteiger partial charge in [0, 0.05) is 17.1 Å². The number of aryl methyl sites for hydroxylation is 3. The van der Waals surface area contributed by atoms with Gasteiger partial charge in [-0.2, -0.15) is 0 Å². The van der Waals surface area contributed by atoms with Crippen molar-refractivity contribution >= 4 is 11.6 Å². The summed E-state index contributed by atoms with van der Waals surface area (Å²) >= 11 is 0. The van der Waals surface area contributed by atoms with Crippen molar-refractivity contribution in [3.63, 3.8) is 0 Å². The lowest BCUT2D eigenvalue weighted by Gasteiger charge is -2.11. The van der Waals surface area contributed by atoms with E-state index in [-0.39, 0.29) is 5.91 Å². The van der Waals surface area contributed by atoms with E-state index in [2.05, 4.69) is 5.32 Å². The Morgan fingerprint density at radius 2 is 1.67 bits per heavy atom. The minimum atomic E-state index is 0.00620. The number of hydrogen-bond donors (Lipinski definition) is 1. The highest BCUT2D eigenvalue weighted by atomic mass is 16.1. The summed E-state index contributed by atoms with van der Waals surface area (Å²) in [6, 6.07) is 11.8. The Hall–Kier alpha value is -2.03. The summed E-state index contributed by atoms with van der Waals surface area (Å²) in [7, 11) is 0. The summed E-state index contributed by atoms with van der Waals surface area (Å²) in [5, 5.41) is 2.94. The van der Waals surface area contributed by atoms with Crippen LogP contribution in [0, 0.1) is 20.8 Å². The fraction of sp³-hybridized carbons (Fsp3) is 0.267. The van der Waals surface area contributed by atoms with Crippen molar-refractivity contribution in [2.24, 2.45) is 0 Å². The van der Waals surface area contributed by atoms with Gasteiger partial charge >= 0.3 is 0 Å². The molecule has 94 valence electrons. The van der Waals surface area contributed by atoms with Crippen molar-refractivity contribution in [2.75, 3.05) is 5.32 Å². The Balaban J connectivity index is 2.08. The molecule has 0 aliphatic rings. The second-order valence-corrected chi connectivity index (χ2v) is 4.57. The second kappa shape index (κ2) is 5.08. The number of nitrogens with one attached hydrogen (secondary N) is 1. The number of carbonyl (C=O) groups is 1. The zero-order chi connectivity index (χ0) is 13.1. The van der Waals surface area contributed by atoms with Crippen molar-refractivity contribution < 1.29 is 4.79 Å². The predicted octanol–water partition coefficient (Wildman–Crippen LogP) is 3.05. The fourth-order valence-electron chi connectivity index (χ4n) is 2.00. The molecule has 0 spiro atoms. The molecule has 2 aromatic rings. The van der Waals surface area contributed by atoms with Crippen LogP contribution in [0.5, 0.6) is 0 Å². The number of nitrogens with zero attached hydrogens (tertiary/aromatic N) is 1. The Morgan fingerprint density at radius 1 is 1.06 bits per heavy atom. The molecule has 1 amide bonds. The third-order valence-corrected chi connectivity index (χ3v) is 3.14. The summed E-state index contributed by atoms with van der Waals surface area (Å²) in [5.41, 5.74) is 4.16. The Labute approximate surface area is 107 Å². The van der Waals surface area contributed by atoms with Crippen LogP contribution in [-0.4, -0.2) is 10.5 Å². The molecule has 1 aromatic carbocycles. The molecule has 0 bridgehead atoms. The van der Waals surface area contributed by atoms with Crippen LogP contribution in [0.1, 0.15) is 17.0 Å². The zero-order valence-corrected chi connectivity index (χ0v) is 11.0. The first kappa shape index (κ1) is 12.4. The van der Waals surface area contributed by atoms with Crippen molar-refractivity contribution in [2.45, 2.75) is 27.3 Å². The number of anilines is 1. The predicted molar refractivity (Wildman–Crippen MR) is 73.7 cm³/mol. The lowest BCUT2D eigenvalue weighted by molar-refractivity contribution is -0.116. The molecular weight excluding hydrogens is 224 g/mol. The Kier molecular flexibility index (Phi) is 3.51. The van der Waals surface area contributed by atoms with E-state index in [0.717, 1.165) is 22.6 Å². The van der Waals surface area contributed by atoms with E-state index in [1.54, 1.807) is 0 Å². The second-order valence-electron chi connectivity index (χ2n) is 4.57. The van der Waals surface area contributed by atoms with Crippen LogP contribution in [0.4, 0.5) is 5.69 Å². The number of benzene rings is 1. The van der Waals surface area contributed by atoms with Crippen LogP contribution in [0.2, 0.25) is 0 Å². The minimum Gasteiger partial charge on any atom is -0.340 e. The highest BCUT2D eigenvalue weighted by Crippen LogP contribution is 2.14. The Morgan fingerprint density at radius 3 is 2.28 bits per heavy atom. The quantitative estimate of drug-likeness (QED) is 0.882. The van der Waals surface area contributed by atoms with Gasteiger partial charge in [-0.15, -0.1) is 0 Å². The minimum absolute atomic E-state index is 0.00620. The molecule has 0 saturated carbocycles. The molecule has 0 unspecified atom stereocenters. The Bertz CT molecular complexity index is 550. The van der Waals surface area contributed by atoms with E-state index in [0.29, 0.717) is 6.54 Å². The van der Waals surface area contributed by atoms with Gasteiger partial charge in [0.1, 0.15) is 6.54 Å². The van der Waals surface area contributed by atoms with E-state index < -0.39 is 0 Å². The first-order valence-corrected chi connectivity index (χ1v) is 6.06. The molecule has 18 heavy (non-hydrogen) atoms. The van der Waals surface area contributed by atoms with Gasteiger partial charge in [-0.05, 0) is 44.5 Å². The van der Waals surface area contributed by atoms with Crippen LogP contribution >= 0.6 is 0 Å². The van der Waals surface area contributed by atoms with Gasteiger partial charge in [-0.3, -0.25) is 4.79 Å². The standard InChI is InChI=1S/C15H18N2O/c1-11-6-4-5-7-14(11)16-15(18)10-17-12(2)8-9-13(17)3/h4-9H,10H2,1-3H3,(H,16,18). The lowest BCUT2D eigenvalue weighted by atomic mass is 10.2. The summed E-state index contributed by atoms with van der Waals surface area (Å²) in [5.74, 6) is 0.00620. The first-order valence-electron chi connectivity index (χ1n) is 6.06. The third-order valence-electron chi connectivity index (χ3n) is 3.14. The van der Waals surface area contributed by atoms with E-state index in [9.17, 15) is 4.79 Å². The average Bonchev–Trinajstić information content (AvgIpc) is 2.64. The summed E-state index contributed by atoms with van der Waals surface area (Å²) in [6.07, 6.45) is 0. The number of amides is 1. The van der Waals surface area contributed by atoms with Gasteiger partial charge in [-0.1, -0.05) is 18.2 Å². The summed E-state index contributed by atoms with van der Waals surface area (Å²) in [4.78, 5) is 12.0. The van der Waals surface area contributed by atoms with Crippen LogP contribution < -0.4 is 5.32 Å². The topological polar surface area (TPSA) is 34.0 Å². The van der Waals surface area contributed by atoms with Crippen molar-refractivity contribution in [1.29, 1.82) is 0 Å². The summed E-state index contributed by atoms with van der Waals surface area (Å²) in [6.45, 7) is 6.36. The van der Waals surface area contributed by atoms with Crippen molar-refractivity contribution in [3.8, 4) is 0 Å². The maximum Gasteiger partial charge on any atom is 0.244 e. The van der Waals surface area contributed by atoms with Gasteiger partial charge in [0.05, 0.1) is 0 Å². The van der Waals surface area contributed by atoms with E-state index in [4.69, 9.17) is 0 Å².